The molecule has 0 radical (unpaired) electrons. The highest BCUT2D eigenvalue weighted by atomic mass is 16.2. The predicted octanol–water partition coefficient (Wildman–Crippen LogP) is 3.15. The molecule has 2 aromatic rings. The van der Waals surface area contributed by atoms with E-state index in [9.17, 15) is 9.59 Å². The Balaban J connectivity index is 1.82. The van der Waals surface area contributed by atoms with Gasteiger partial charge in [0.1, 0.15) is 5.82 Å². The van der Waals surface area contributed by atoms with Crippen molar-refractivity contribution in [1.82, 2.24) is 9.80 Å². The van der Waals surface area contributed by atoms with Crippen molar-refractivity contribution in [2.45, 2.75) is 6.42 Å². The lowest BCUT2D eigenvalue weighted by Gasteiger charge is -2.37. The third kappa shape index (κ3) is 3.01. The van der Waals surface area contributed by atoms with E-state index in [0.717, 1.165) is 6.42 Å². The number of amides is 2. The molecule has 1 aliphatic rings. The smallest absolute Gasteiger partial charge is 0.259 e. The lowest BCUT2D eigenvalue weighted by Crippen LogP contribution is -2.47. The van der Waals surface area contributed by atoms with E-state index < -0.39 is 0 Å². The van der Waals surface area contributed by atoms with Crippen LogP contribution in [0.4, 0.5) is 0 Å². The lowest BCUT2D eigenvalue weighted by molar-refractivity contribution is 0.0596. The summed E-state index contributed by atoms with van der Waals surface area (Å²) in [5, 5.41) is 0. The van der Waals surface area contributed by atoms with Gasteiger partial charge in [0, 0.05) is 24.2 Å². The molecular weight excluding hydrogens is 288 g/mol. The summed E-state index contributed by atoms with van der Waals surface area (Å²) in [7, 11) is 0. The first-order valence-electron chi connectivity index (χ1n) is 7.61. The van der Waals surface area contributed by atoms with Gasteiger partial charge in [0.05, 0.1) is 0 Å². The van der Waals surface area contributed by atoms with E-state index >= 15 is 0 Å². The van der Waals surface area contributed by atoms with Crippen LogP contribution in [-0.2, 0) is 0 Å². The quantitative estimate of drug-likeness (QED) is 0.855. The van der Waals surface area contributed by atoms with Crippen LogP contribution in [0.5, 0.6) is 0 Å². The Hall–Kier alpha value is -2.88. The summed E-state index contributed by atoms with van der Waals surface area (Å²) in [6, 6.07) is 18.1. The van der Waals surface area contributed by atoms with Gasteiger partial charge in [-0.15, -0.1) is 0 Å². The fourth-order valence-electron chi connectivity index (χ4n) is 2.70. The monoisotopic (exact) mass is 306 g/mol. The number of hydrogen-bond acceptors (Lipinski definition) is 2. The molecule has 0 aliphatic carbocycles. The van der Waals surface area contributed by atoms with E-state index in [1.54, 1.807) is 34.1 Å². The van der Waals surface area contributed by atoms with Gasteiger partial charge >= 0.3 is 0 Å². The largest absolute Gasteiger partial charge is 0.294 e. The van der Waals surface area contributed by atoms with Crippen molar-refractivity contribution < 1.29 is 9.59 Å². The Morgan fingerprint density at radius 1 is 0.739 bits per heavy atom. The predicted molar refractivity (Wildman–Crippen MR) is 88.7 cm³/mol. The number of carbonyl (C=O) groups excluding carboxylic acids is 2. The molecule has 23 heavy (non-hydrogen) atoms. The van der Waals surface area contributed by atoms with Crippen molar-refractivity contribution in [2.24, 2.45) is 0 Å². The van der Waals surface area contributed by atoms with Crippen molar-refractivity contribution >= 4 is 11.8 Å². The summed E-state index contributed by atoms with van der Waals surface area (Å²) in [6.07, 6.45) is 0.732. The number of rotatable bonds is 2. The van der Waals surface area contributed by atoms with Gasteiger partial charge < -0.3 is 0 Å². The highest BCUT2D eigenvalue weighted by Gasteiger charge is 2.30. The van der Waals surface area contributed by atoms with Crippen molar-refractivity contribution in [3.8, 4) is 0 Å². The first-order chi connectivity index (χ1) is 11.2. The van der Waals surface area contributed by atoms with E-state index in [2.05, 4.69) is 6.58 Å². The van der Waals surface area contributed by atoms with Crippen molar-refractivity contribution in [3.63, 3.8) is 0 Å². The topological polar surface area (TPSA) is 40.6 Å². The molecule has 3 rings (SSSR count). The Kier molecular flexibility index (Phi) is 4.24. The van der Waals surface area contributed by atoms with E-state index in [-0.39, 0.29) is 11.8 Å². The Morgan fingerprint density at radius 2 is 1.13 bits per heavy atom. The maximum absolute atomic E-state index is 12.6. The standard InChI is InChI=1S/C19H18N2O2/c1-15-20(18(22)16-9-4-2-5-10-16)13-8-14-21(15)19(23)17-11-6-3-7-12-17/h2-7,9-12H,1,8,13-14H2. The summed E-state index contributed by atoms with van der Waals surface area (Å²) in [6.45, 7) is 5.13. The zero-order valence-corrected chi connectivity index (χ0v) is 12.8. The molecular formula is C19H18N2O2. The zero-order chi connectivity index (χ0) is 16.2. The van der Waals surface area contributed by atoms with Crippen LogP contribution in [0, 0.1) is 0 Å². The van der Waals surface area contributed by atoms with Crippen LogP contribution >= 0.6 is 0 Å². The minimum absolute atomic E-state index is 0.124. The number of carbonyl (C=O) groups is 2. The Morgan fingerprint density at radius 3 is 1.52 bits per heavy atom. The second kappa shape index (κ2) is 6.48. The number of hydrogen-bond donors (Lipinski definition) is 0. The fourth-order valence-corrected chi connectivity index (χ4v) is 2.70. The molecule has 1 heterocycles. The summed E-state index contributed by atoms with van der Waals surface area (Å²) in [5.74, 6) is 0.196. The van der Waals surface area contributed by atoms with Crippen LogP contribution in [0.3, 0.4) is 0 Å². The summed E-state index contributed by atoms with van der Waals surface area (Å²) in [4.78, 5) is 28.4. The van der Waals surface area contributed by atoms with E-state index in [1.807, 2.05) is 36.4 Å². The first kappa shape index (κ1) is 15.0. The van der Waals surface area contributed by atoms with E-state index in [1.165, 1.54) is 0 Å². The lowest BCUT2D eigenvalue weighted by atomic mass is 10.1. The first-order valence-corrected chi connectivity index (χ1v) is 7.61. The van der Waals surface area contributed by atoms with Gasteiger partial charge in [0.15, 0.2) is 0 Å². The van der Waals surface area contributed by atoms with Crippen LogP contribution in [0.2, 0.25) is 0 Å². The molecule has 0 aromatic heterocycles. The third-order valence-corrected chi connectivity index (χ3v) is 3.92. The van der Waals surface area contributed by atoms with Gasteiger partial charge in [-0.2, -0.15) is 0 Å². The average Bonchev–Trinajstić information content (AvgIpc) is 2.62. The highest BCUT2D eigenvalue weighted by Crippen LogP contribution is 2.21. The molecule has 0 unspecified atom stereocenters. The van der Waals surface area contributed by atoms with Crippen molar-refractivity contribution in [2.75, 3.05) is 13.1 Å². The molecule has 0 N–H and O–H groups in total. The van der Waals surface area contributed by atoms with E-state index in [0.29, 0.717) is 30.0 Å². The normalized spacial score (nSPS) is 14.7. The van der Waals surface area contributed by atoms with Crippen molar-refractivity contribution in [1.29, 1.82) is 0 Å². The molecule has 1 saturated heterocycles. The molecule has 2 amide bonds. The minimum Gasteiger partial charge on any atom is -0.294 e. The second-order valence-electron chi connectivity index (χ2n) is 5.42. The van der Waals surface area contributed by atoms with Crippen LogP contribution in [0.15, 0.2) is 73.1 Å². The molecule has 2 aromatic carbocycles. The molecule has 0 bridgehead atoms. The molecule has 1 aliphatic heterocycles. The maximum Gasteiger partial charge on any atom is 0.259 e. The Labute approximate surface area is 135 Å². The zero-order valence-electron chi connectivity index (χ0n) is 12.8. The Bertz CT molecular complexity index is 664. The molecule has 116 valence electrons. The van der Waals surface area contributed by atoms with E-state index in [4.69, 9.17) is 0 Å². The van der Waals surface area contributed by atoms with Gasteiger partial charge in [-0.05, 0) is 30.7 Å². The van der Waals surface area contributed by atoms with Gasteiger partial charge in [0.2, 0.25) is 0 Å². The fraction of sp³-hybridized carbons (Fsp3) is 0.158. The van der Waals surface area contributed by atoms with Crippen LogP contribution < -0.4 is 0 Å². The van der Waals surface area contributed by atoms with Crippen LogP contribution in [0.25, 0.3) is 0 Å². The average molecular weight is 306 g/mol. The second-order valence-corrected chi connectivity index (χ2v) is 5.42. The maximum atomic E-state index is 12.6. The number of nitrogens with zero attached hydrogens (tertiary/aromatic N) is 2. The number of benzene rings is 2. The van der Waals surface area contributed by atoms with Gasteiger partial charge in [-0.25, -0.2) is 0 Å². The van der Waals surface area contributed by atoms with Gasteiger partial charge in [-0.3, -0.25) is 19.4 Å². The summed E-state index contributed by atoms with van der Waals surface area (Å²) < 4.78 is 0. The van der Waals surface area contributed by atoms with Crippen LogP contribution in [-0.4, -0.2) is 34.7 Å². The molecule has 0 saturated carbocycles. The van der Waals surface area contributed by atoms with Crippen LogP contribution in [0.1, 0.15) is 27.1 Å². The molecule has 0 spiro atoms. The molecule has 4 nitrogen and oxygen atoms in total. The SMILES string of the molecule is C=C1N(C(=O)c2ccccc2)CCCN1C(=O)c1ccccc1. The highest BCUT2D eigenvalue weighted by molar-refractivity contribution is 5.98. The molecule has 0 atom stereocenters. The van der Waals surface area contributed by atoms with Gasteiger partial charge in [-0.1, -0.05) is 43.0 Å². The van der Waals surface area contributed by atoms with Crippen molar-refractivity contribution in [3.05, 3.63) is 84.2 Å². The van der Waals surface area contributed by atoms with Gasteiger partial charge in [0.25, 0.3) is 11.8 Å². The summed E-state index contributed by atoms with van der Waals surface area (Å²) in [5.41, 5.74) is 1.20. The third-order valence-electron chi connectivity index (χ3n) is 3.92. The minimum atomic E-state index is -0.124. The molecule has 1 fully saturated rings. The summed E-state index contributed by atoms with van der Waals surface area (Å²) >= 11 is 0. The molecule has 4 heteroatoms.